The second-order valence-corrected chi connectivity index (χ2v) is 5.83. The molecular weight excluding hydrogens is 322 g/mol. The topological polar surface area (TPSA) is 68.2 Å². The molecule has 0 fully saturated rings. The zero-order valence-electron chi connectivity index (χ0n) is 12.6. The van der Waals surface area contributed by atoms with Gasteiger partial charge in [0.2, 0.25) is 0 Å². The molecule has 118 valence electrons. The van der Waals surface area contributed by atoms with Crippen LogP contribution in [0.25, 0.3) is 16.8 Å². The van der Waals surface area contributed by atoms with E-state index in [0.717, 1.165) is 34.0 Å². The first-order valence-electron chi connectivity index (χ1n) is 7.42. The second kappa shape index (κ2) is 5.86. The van der Waals surface area contributed by atoms with Crippen molar-refractivity contribution in [2.24, 2.45) is 0 Å². The number of halogens is 1. The zero-order chi connectivity index (χ0) is 16.5. The fourth-order valence-electron chi connectivity index (χ4n) is 2.52. The molecule has 0 saturated carbocycles. The molecule has 0 amide bonds. The van der Waals surface area contributed by atoms with Gasteiger partial charge in [0.1, 0.15) is 5.82 Å². The van der Waals surface area contributed by atoms with E-state index >= 15 is 0 Å². The summed E-state index contributed by atoms with van der Waals surface area (Å²) in [6.45, 7) is 0. The number of rotatable bonds is 3. The Morgan fingerprint density at radius 3 is 2.67 bits per heavy atom. The maximum atomic E-state index is 6.02. The van der Waals surface area contributed by atoms with Crippen molar-refractivity contribution in [2.45, 2.75) is 0 Å². The molecule has 4 aromatic rings. The summed E-state index contributed by atoms with van der Waals surface area (Å²) in [5.74, 6) is 0.724. The van der Waals surface area contributed by atoms with Crippen molar-refractivity contribution in [3.63, 3.8) is 0 Å². The summed E-state index contributed by atoms with van der Waals surface area (Å²) in [5.41, 5.74) is 10.1. The molecule has 0 radical (unpaired) electrons. The summed E-state index contributed by atoms with van der Waals surface area (Å²) in [5, 5.41) is 8.29. The Balaban J connectivity index is 1.74. The van der Waals surface area contributed by atoms with Crippen LogP contribution < -0.4 is 11.1 Å². The lowest BCUT2D eigenvalue weighted by molar-refractivity contribution is 0.941. The van der Waals surface area contributed by atoms with E-state index in [1.54, 1.807) is 10.7 Å². The standard InChI is InChI=1S/C18H14ClN5/c19-13-2-1-3-15(10-13)22-17-8-9-24-18(23-17)16(11-21-24)12-4-6-14(20)7-5-12/h1-11H,20H2,(H,22,23). The van der Waals surface area contributed by atoms with Crippen molar-refractivity contribution in [3.8, 4) is 11.1 Å². The summed E-state index contributed by atoms with van der Waals surface area (Å²) in [6, 6.07) is 17.0. The summed E-state index contributed by atoms with van der Waals surface area (Å²) in [7, 11) is 0. The van der Waals surface area contributed by atoms with E-state index in [0.29, 0.717) is 5.02 Å². The van der Waals surface area contributed by atoms with E-state index in [1.165, 1.54) is 0 Å². The molecule has 0 bridgehead atoms. The van der Waals surface area contributed by atoms with Crippen molar-refractivity contribution in [1.29, 1.82) is 0 Å². The average Bonchev–Trinajstić information content (AvgIpc) is 2.99. The molecule has 6 heteroatoms. The molecule has 3 N–H and O–H groups in total. The van der Waals surface area contributed by atoms with Gasteiger partial charge in [0.25, 0.3) is 0 Å². The van der Waals surface area contributed by atoms with Crippen LogP contribution in [0.3, 0.4) is 0 Å². The van der Waals surface area contributed by atoms with Gasteiger partial charge in [0.15, 0.2) is 5.65 Å². The number of anilines is 3. The Hall–Kier alpha value is -3.05. The van der Waals surface area contributed by atoms with E-state index in [1.807, 2.05) is 60.8 Å². The molecule has 0 aliphatic carbocycles. The summed E-state index contributed by atoms with van der Waals surface area (Å²) >= 11 is 6.02. The molecule has 0 unspecified atom stereocenters. The Labute approximate surface area is 143 Å². The highest BCUT2D eigenvalue weighted by Crippen LogP contribution is 2.26. The minimum atomic E-state index is 0.674. The monoisotopic (exact) mass is 335 g/mol. The van der Waals surface area contributed by atoms with Gasteiger partial charge in [-0.05, 0) is 42.0 Å². The van der Waals surface area contributed by atoms with Crippen LogP contribution in [0.2, 0.25) is 5.02 Å². The lowest BCUT2D eigenvalue weighted by atomic mass is 10.1. The molecule has 2 heterocycles. The van der Waals surface area contributed by atoms with Crippen molar-refractivity contribution in [3.05, 3.63) is 72.0 Å². The van der Waals surface area contributed by atoms with E-state index in [2.05, 4.69) is 15.4 Å². The predicted molar refractivity (Wildman–Crippen MR) is 97.6 cm³/mol. The molecule has 0 saturated heterocycles. The van der Waals surface area contributed by atoms with E-state index < -0.39 is 0 Å². The van der Waals surface area contributed by atoms with E-state index in [4.69, 9.17) is 17.3 Å². The number of hydrogen-bond donors (Lipinski definition) is 2. The third-order valence-corrected chi connectivity index (χ3v) is 3.92. The van der Waals surface area contributed by atoms with Crippen LogP contribution >= 0.6 is 11.6 Å². The summed E-state index contributed by atoms with van der Waals surface area (Å²) < 4.78 is 1.74. The van der Waals surface area contributed by atoms with E-state index in [-0.39, 0.29) is 0 Å². The van der Waals surface area contributed by atoms with Crippen LogP contribution in [0.15, 0.2) is 67.0 Å². The number of nitrogens with zero attached hydrogens (tertiary/aromatic N) is 3. The first-order chi connectivity index (χ1) is 11.7. The smallest absolute Gasteiger partial charge is 0.165 e. The average molecular weight is 336 g/mol. The highest BCUT2D eigenvalue weighted by Gasteiger charge is 2.09. The summed E-state index contributed by atoms with van der Waals surface area (Å²) in [4.78, 5) is 4.67. The third-order valence-electron chi connectivity index (χ3n) is 3.69. The van der Waals surface area contributed by atoms with Crippen LogP contribution in [0.4, 0.5) is 17.2 Å². The molecular formula is C18H14ClN5. The molecule has 0 aliphatic heterocycles. The zero-order valence-corrected chi connectivity index (χ0v) is 13.4. The Bertz CT molecular complexity index is 1010. The predicted octanol–water partition coefficient (Wildman–Crippen LogP) is 4.38. The van der Waals surface area contributed by atoms with Crippen molar-refractivity contribution >= 4 is 34.4 Å². The Morgan fingerprint density at radius 1 is 1.04 bits per heavy atom. The van der Waals surface area contributed by atoms with Gasteiger partial charge in [-0.15, -0.1) is 0 Å². The van der Waals surface area contributed by atoms with Crippen LogP contribution in [0.1, 0.15) is 0 Å². The van der Waals surface area contributed by atoms with Gasteiger partial charge in [-0.25, -0.2) is 9.50 Å². The largest absolute Gasteiger partial charge is 0.399 e. The van der Waals surface area contributed by atoms with Crippen LogP contribution in [0.5, 0.6) is 0 Å². The Kier molecular flexibility index (Phi) is 3.55. The fourth-order valence-corrected chi connectivity index (χ4v) is 2.71. The number of nitrogens with two attached hydrogens (primary N) is 1. The van der Waals surface area contributed by atoms with Crippen LogP contribution in [-0.4, -0.2) is 14.6 Å². The third kappa shape index (κ3) is 2.77. The minimum Gasteiger partial charge on any atom is -0.399 e. The molecule has 0 aliphatic rings. The van der Waals surface area contributed by atoms with Crippen LogP contribution in [0, 0.1) is 0 Å². The van der Waals surface area contributed by atoms with Gasteiger partial charge < -0.3 is 11.1 Å². The SMILES string of the molecule is Nc1ccc(-c2cnn3ccc(Nc4cccc(Cl)c4)nc23)cc1. The molecule has 24 heavy (non-hydrogen) atoms. The molecule has 5 nitrogen and oxygen atoms in total. The number of aromatic nitrogens is 3. The van der Waals surface area contributed by atoms with Gasteiger partial charge in [-0.2, -0.15) is 5.10 Å². The van der Waals surface area contributed by atoms with Crippen molar-refractivity contribution in [1.82, 2.24) is 14.6 Å². The summed E-state index contributed by atoms with van der Waals surface area (Å²) in [6.07, 6.45) is 3.67. The minimum absolute atomic E-state index is 0.674. The number of fused-ring (bicyclic) bond motifs is 1. The first-order valence-corrected chi connectivity index (χ1v) is 7.80. The lowest BCUT2D eigenvalue weighted by Gasteiger charge is -2.07. The van der Waals surface area contributed by atoms with Gasteiger partial charge in [-0.1, -0.05) is 29.8 Å². The lowest BCUT2D eigenvalue weighted by Crippen LogP contribution is -1.97. The molecule has 2 aromatic carbocycles. The highest BCUT2D eigenvalue weighted by molar-refractivity contribution is 6.30. The van der Waals surface area contributed by atoms with Gasteiger partial charge in [0, 0.05) is 28.2 Å². The number of nitrogen functional groups attached to an aromatic ring is 1. The number of nitrogens with one attached hydrogen (secondary N) is 1. The first kappa shape index (κ1) is 14.5. The van der Waals surface area contributed by atoms with Gasteiger partial charge in [-0.3, -0.25) is 0 Å². The number of benzene rings is 2. The second-order valence-electron chi connectivity index (χ2n) is 5.40. The fraction of sp³-hybridized carbons (Fsp3) is 0. The molecule has 0 atom stereocenters. The molecule has 4 rings (SSSR count). The highest BCUT2D eigenvalue weighted by atomic mass is 35.5. The van der Waals surface area contributed by atoms with E-state index in [9.17, 15) is 0 Å². The van der Waals surface area contributed by atoms with Crippen LogP contribution in [-0.2, 0) is 0 Å². The maximum Gasteiger partial charge on any atom is 0.165 e. The number of hydrogen-bond acceptors (Lipinski definition) is 4. The normalized spacial score (nSPS) is 10.9. The van der Waals surface area contributed by atoms with Gasteiger partial charge >= 0.3 is 0 Å². The maximum absolute atomic E-state index is 6.02. The quantitative estimate of drug-likeness (QED) is 0.545. The Morgan fingerprint density at radius 2 is 1.88 bits per heavy atom. The molecule has 2 aromatic heterocycles. The van der Waals surface area contributed by atoms with Gasteiger partial charge in [0.05, 0.1) is 6.20 Å². The van der Waals surface area contributed by atoms with Crippen molar-refractivity contribution in [2.75, 3.05) is 11.1 Å². The van der Waals surface area contributed by atoms with Crippen molar-refractivity contribution < 1.29 is 0 Å². The molecule has 0 spiro atoms.